The molecule has 4 aliphatic rings. The van der Waals surface area contributed by atoms with Crippen LogP contribution in [0.1, 0.15) is 29.0 Å². The Morgan fingerprint density at radius 3 is 2.50 bits per heavy atom. The first kappa shape index (κ1) is 24.3. The molecule has 7 atom stereocenters. The number of rotatable bonds is 5. The van der Waals surface area contributed by atoms with Gasteiger partial charge in [-0.1, -0.05) is 17.4 Å². The van der Waals surface area contributed by atoms with E-state index in [9.17, 15) is 23.6 Å². The molecule has 1 aromatic carbocycles. The molecule has 2 amide bonds. The molecule has 7 nitrogen and oxygen atoms in total. The average molecular weight is 571 g/mol. The fourth-order valence-electron chi connectivity index (χ4n) is 7.22. The lowest BCUT2D eigenvalue weighted by Gasteiger charge is -2.42. The molecule has 2 aliphatic carbocycles. The van der Waals surface area contributed by atoms with Gasteiger partial charge >= 0.3 is 10.8 Å². The van der Waals surface area contributed by atoms with Crippen LogP contribution in [0.2, 0.25) is 0 Å². The zero-order chi connectivity index (χ0) is 26.3. The van der Waals surface area contributed by atoms with Crippen LogP contribution in [0.15, 0.2) is 51.6 Å². The van der Waals surface area contributed by atoms with Crippen molar-refractivity contribution in [3.05, 3.63) is 67.0 Å². The van der Waals surface area contributed by atoms with Crippen molar-refractivity contribution in [2.45, 2.75) is 36.1 Å². The molecule has 0 N–H and O–H groups in total. The van der Waals surface area contributed by atoms with Crippen molar-refractivity contribution >= 4 is 57.9 Å². The van der Waals surface area contributed by atoms with Crippen LogP contribution >= 0.6 is 34.4 Å². The number of carbonyl (C=O) groups excluding carboxylic acids is 3. The fraction of sp³-hybridized carbons (Fsp3) is 0.407. The summed E-state index contributed by atoms with van der Waals surface area (Å²) in [5, 5.41) is 2.83. The van der Waals surface area contributed by atoms with Gasteiger partial charge in [0.1, 0.15) is 12.4 Å². The molecular formula is C27H23FN2O5S3. The number of fused-ring (bicyclic) bond motifs is 9. The van der Waals surface area contributed by atoms with Gasteiger partial charge in [0, 0.05) is 20.9 Å². The number of thiazole rings is 1. The third-order valence-electron chi connectivity index (χ3n) is 8.48. The van der Waals surface area contributed by atoms with Crippen LogP contribution < -0.4 is 9.77 Å². The first-order valence-corrected chi connectivity index (χ1v) is 15.2. The van der Waals surface area contributed by atoms with Gasteiger partial charge in [0.25, 0.3) is 0 Å². The number of amides is 2. The standard InChI is InChI=1S/C27H23FN2O5S3/c1-2-35-17(31)11-29-26-23(38-27(29)34)21(16-4-3-9-36-16)18-14-10-15(22(18)37-26)20-19(14)24(32)30(25(20)33)13-7-5-12(28)6-8-13/h3-9,14-15,18-22H,2,10-11H2,1H3. The zero-order valence-electron chi connectivity index (χ0n) is 20.2. The molecule has 4 heterocycles. The molecule has 3 aromatic rings. The molecular weight excluding hydrogens is 548 g/mol. The van der Waals surface area contributed by atoms with E-state index in [1.54, 1.807) is 30.0 Å². The highest BCUT2D eigenvalue weighted by molar-refractivity contribution is 8.00. The zero-order valence-corrected chi connectivity index (χ0v) is 22.7. The number of benzene rings is 1. The second-order valence-electron chi connectivity index (χ2n) is 10.2. The normalized spacial score (nSPS) is 30.9. The van der Waals surface area contributed by atoms with Gasteiger partial charge in [-0.15, -0.1) is 23.1 Å². The molecule has 196 valence electrons. The summed E-state index contributed by atoms with van der Waals surface area (Å²) in [4.78, 5) is 56.0. The predicted molar refractivity (Wildman–Crippen MR) is 142 cm³/mol. The van der Waals surface area contributed by atoms with Crippen molar-refractivity contribution in [3.63, 3.8) is 0 Å². The lowest BCUT2D eigenvalue weighted by atomic mass is 9.69. The molecule has 3 fully saturated rings. The van der Waals surface area contributed by atoms with E-state index < -0.39 is 23.6 Å². The van der Waals surface area contributed by atoms with Crippen LogP contribution in [-0.2, 0) is 25.7 Å². The quantitative estimate of drug-likeness (QED) is 0.335. The third kappa shape index (κ3) is 3.37. The molecule has 2 aliphatic heterocycles. The number of aromatic nitrogens is 1. The molecule has 11 heteroatoms. The van der Waals surface area contributed by atoms with Gasteiger partial charge in [-0.25, -0.2) is 4.39 Å². The lowest BCUT2D eigenvalue weighted by molar-refractivity contribution is -0.144. The van der Waals surface area contributed by atoms with Crippen molar-refractivity contribution in [3.8, 4) is 0 Å². The van der Waals surface area contributed by atoms with Crippen LogP contribution in [0.5, 0.6) is 0 Å². The number of halogens is 1. The number of hydrogen-bond acceptors (Lipinski definition) is 8. The van der Waals surface area contributed by atoms with E-state index in [0.29, 0.717) is 5.69 Å². The summed E-state index contributed by atoms with van der Waals surface area (Å²) in [7, 11) is 0. The second kappa shape index (κ2) is 8.89. The van der Waals surface area contributed by atoms with E-state index in [4.69, 9.17) is 4.74 Å². The van der Waals surface area contributed by atoms with Gasteiger partial charge in [-0.2, -0.15) is 0 Å². The Labute approximate surface area is 229 Å². The van der Waals surface area contributed by atoms with Gasteiger partial charge in [0.2, 0.25) is 11.8 Å². The SMILES string of the molecule is CCOC(=O)Cn1c2c(sc1=O)C(c1cccs1)C1C3CC(C1S2)C1C(=O)N(c2ccc(F)cc2)C(=O)C31. The monoisotopic (exact) mass is 570 g/mol. The Hall–Kier alpha value is -2.76. The van der Waals surface area contributed by atoms with E-state index in [0.717, 1.165) is 21.2 Å². The topological polar surface area (TPSA) is 85.7 Å². The second-order valence-corrected chi connectivity index (χ2v) is 13.3. The first-order chi connectivity index (χ1) is 18.4. The van der Waals surface area contributed by atoms with E-state index in [2.05, 4.69) is 6.07 Å². The molecule has 7 unspecified atom stereocenters. The summed E-state index contributed by atoms with van der Waals surface area (Å²) in [5.74, 6) is -2.14. The Morgan fingerprint density at radius 2 is 1.82 bits per heavy atom. The summed E-state index contributed by atoms with van der Waals surface area (Å²) < 4.78 is 20.2. The van der Waals surface area contributed by atoms with E-state index in [1.807, 2.05) is 11.4 Å². The Kier molecular flexibility index (Phi) is 5.68. The van der Waals surface area contributed by atoms with E-state index in [-0.39, 0.29) is 58.8 Å². The largest absolute Gasteiger partial charge is 0.465 e. The third-order valence-corrected chi connectivity index (χ3v) is 12.2. The van der Waals surface area contributed by atoms with Gasteiger partial charge in [-0.3, -0.25) is 28.6 Å². The van der Waals surface area contributed by atoms with Gasteiger partial charge < -0.3 is 4.74 Å². The van der Waals surface area contributed by atoms with Crippen LogP contribution in [-0.4, -0.2) is 34.2 Å². The van der Waals surface area contributed by atoms with Gasteiger partial charge in [-0.05, 0) is 66.8 Å². The maximum absolute atomic E-state index is 13.7. The number of ether oxygens (including phenoxy) is 1. The lowest BCUT2D eigenvalue weighted by Crippen LogP contribution is -2.43. The molecule has 0 spiro atoms. The number of imide groups is 1. The number of carbonyl (C=O) groups is 3. The maximum Gasteiger partial charge on any atom is 0.326 e. The highest BCUT2D eigenvalue weighted by atomic mass is 32.2. The number of esters is 1. The number of thioether (sulfide) groups is 1. The molecule has 2 saturated carbocycles. The number of anilines is 1. The average Bonchev–Trinajstić information content (AvgIpc) is 3.70. The minimum absolute atomic E-state index is 0.000331. The highest BCUT2D eigenvalue weighted by Crippen LogP contribution is 2.69. The molecule has 0 radical (unpaired) electrons. The van der Waals surface area contributed by atoms with Crippen molar-refractivity contribution in [1.29, 1.82) is 0 Å². The number of thiophene rings is 1. The molecule has 2 aromatic heterocycles. The Morgan fingerprint density at radius 1 is 1.08 bits per heavy atom. The first-order valence-electron chi connectivity index (χ1n) is 12.6. The Balaban J connectivity index is 1.30. The minimum atomic E-state index is -0.454. The molecule has 1 saturated heterocycles. The van der Waals surface area contributed by atoms with E-state index >= 15 is 0 Å². The van der Waals surface area contributed by atoms with Crippen molar-refractivity contribution in [2.75, 3.05) is 11.5 Å². The van der Waals surface area contributed by atoms with Crippen molar-refractivity contribution in [2.24, 2.45) is 29.6 Å². The van der Waals surface area contributed by atoms with Crippen molar-refractivity contribution < 1.29 is 23.5 Å². The van der Waals surface area contributed by atoms with Crippen molar-refractivity contribution in [1.82, 2.24) is 4.57 Å². The van der Waals surface area contributed by atoms with Crippen LogP contribution in [0.4, 0.5) is 10.1 Å². The smallest absolute Gasteiger partial charge is 0.326 e. The predicted octanol–water partition coefficient (Wildman–Crippen LogP) is 4.35. The molecule has 2 bridgehead atoms. The van der Waals surface area contributed by atoms with Crippen LogP contribution in [0.3, 0.4) is 0 Å². The highest BCUT2D eigenvalue weighted by Gasteiger charge is 2.70. The summed E-state index contributed by atoms with van der Waals surface area (Å²) in [6, 6.07) is 9.56. The maximum atomic E-state index is 13.7. The summed E-state index contributed by atoms with van der Waals surface area (Å²) in [6.45, 7) is 1.83. The fourth-order valence-corrected chi connectivity index (χ4v) is 11.3. The van der Waals surface area contributed by atoms with Crippen LogP contribution in [0.25, 0.3) is 0 Å². The molecule has 7 rings (SSSR count). The minimum Gasteiger partial charge on any atom is -0.465 e. The summed E-state index contributed by atoms with van der Waals surface area (Å²) in [5.41, 5.74) is 0.406. The Bertz CT molecular complexity index is 1510. The van der Waals surface area contributed by atoms with Gasteiger partial charge in [0.15, 0.2) is 0 Å². The summed E-state index contributed by atoms with van der Waals surface area (Å²) in [6.07, 6.45) is 0.783. The van der Waals surface area contributed by atoms with E-state index in [1.165, 1.54) is 45.1 Å². The number of hydrogen-bond donors (Lipinski definition) is 0. The van der Waals surface area contributed by atoms with Gasteiger partial charge in [0.05, 0.1) is 29.2 Å². The number of nitrogens with zero attached hydrogens (tertiary/aromatic N) is 2. The summed E-state index contributed by atoms with van der Waals surface area (Å²) >= 11 is 4.39. The van der Waals surface area contributed by atoms with Crippen LogP contribution in [0, 0.1) is 35.4 Å². The molecule has 38 heavy (non-hydrogen) atoms.